The lowest BCUT2D eigenvalue weighted by Crippen LogP contribution is -2.58. The molecule has 0 aromatic rings. The Balaban J connectivity index is 1.41. The Labute approximate surface area is 253 Å². The van der Waals surface area contributed by atoms with E-state index in [-0.39, 0.29) is 36.6 Å². The van der Waals surface area contributed by atoms with Crippen LogP contribution in [0.3, 0.4) is 0 Å². The van der Waals surface area contributed by atoms with Crippen molar-refractivity contribution in [2.24, 2.45) is 5.92 Å². The molecule has 2 unspecified atom stereocenters. The average Bonchev–Trinajstić information content (AvgIpc) is 3.27. The van der Waals surface area contributed by atoms with E-state index >= 15 is 0 Å². The number of aliphatic carboxylic acids is 1. The Hall–Kier alpha value is -2.78. The molecule has 7 atom stereocenters. The van der Waals surface area contributed by atoms with Gasteiger partial charge >= 0.3 is 12.1 Å². The number of allylic oxidation sites excluding steroid dienone is 1. The standard InChI is InChI=1S/C29H48N8O6/c1-28(2,3)43-27(42)31-21-13-8-6-4-5-7-11-18-16-29(18,26(40)41)32-24(38)22-15-19(17-36(22)25(21)39)37-23(33-34-35-37)20-12-9-10-14-30-20/h7,11,18-23,30,33-35H,4-6,8-10,12-17H2,1-3H3,(H,31,42)(H,32,38)(H,40,41)/b11-7-/t18-,19-,20?,21+,22+,23?,29-/m1/s1. The molecule has 3 amide bonds. The Morgan fingerprint density at radius 2 is 1.91 bits per heavy atom. The second-order valence-electron chi connectivity index (χ2n) is 13.5. The van der Waals surface area contributed by atoms with Gasteiger partial charge in [-0.25, -0.2) is 20.0 Å². The first kappa shape index (κ1) is 31.6. The van der Waals surface area contributed by atoms with Crippen molar-refractivity contribution in [1.29, 1.82) is 0 Å². The lowest BCUT2D eigenvalue weighted by atomic mass is 10.0. The zero-order valence-corrected chi connectivity index (χ0v) is 25.5. The number of carbonyl (C=O) groups is 4. The zero-order chi connectivity index (χ0) is 30.8. The van der Waals surface area contributed by atoms with Crippen molar-refractivity contribution in [3.05, 3.63) is 12.2 Å². The number of carboxylic acids is 1. The third-order valence-corrected chi connectivity index (χ3v) is 9.16. The molecule has 0 aromatic heterocycles. The van der Waals surface area contributed by atoms with Gasteiger partial charge in [0.05, 0.1) is 0 Å². The summed E-state index contributed by atoms with van der Waals surface area (Å²) < 4.78 is 5.47. The van der Waals surface area contributed by atoms with E-state index < -0.39 is 41.2 Å². The van der Waals surface area contributed by atoms with Crippen LogP contribution >= 0.6 is 0 Å². The van der Waals surface area contributed by atoms with Crippen LogP contribution in [0.4, 0.5) is 4.79 Å². The molecule has 43 heavy (non-hydrogen) atoms. The van der Waals surface area contributed by atoms with Crippen LogP contribution in [-0.2, 0) is 19.1 Å². The number of amides is 3. The average molecular weight is 605 g/mol. The molecule has 14 nitrogen and oxygen atoms in total. The number of nitrogens with zero attached hydrogens (tertiary/aromatic N) is 2. The van der Waals surface area contributed by atoms with Gasteiger partial charge in [0.25, 0.3) is 0 Å². The molecule has 1 aliphatic carbocycles. The predicted octanol–water partition coefficient (Wildman–Crippen LogP) is 0.627. The Morgan fingerprint density at radius 1 is 1.12 bits per heavy atom. The summed E-state index contributed by atoms with van der Waals surface area (Å²) in [5.41, 5.74) is 7.31. The molecular weight excluding hydrogens is 556 g/mol. The minimum absolute atomic E-state index is 0.124. The van der Waals surface area contributed by atoms with Crippen molar-refractivity contribution < 1.29 is 29.0 Å². The smallest absolute Gasteiger partial charge is 0.408 e. The summed E-state index contributed by atoms with van der Waals surface area (Å²) in [4.78, 5) is 54.8. The Kier molecular flexibility index (Phi) is 9.61. The molecule has 7 N–H and O–H groups in total. The topological polar surface area (TPSA) is 176 Å². The SMILES string of the molecule is CC(C)(C)OC(=O)N[C@H]1CCCCC/C=C\[C@@H]2C[C@@]2(C(=O)O)NC(=O)[C@@H]2C[C@@H](N3NNNC3C3CCCCN3)CN2C1=O. The van der Waals surface area contributed by atoms with Gasteiger partial charge in [-0.15, -0.1) is 0 Å². The number of hydrogen-bond donors (Lipinski definition) is 7. The van der Waals surface area contributed by atoms with Gasteiger partial charge in [-0.1, -0.05) is 31.4 Å². The molecular formula is C29H48N8O6. The number of rotatable bonds is 4. The number of alkyl carbamates (subject to hydrolysis) is 1. The number of hydrazine groups is 3. The van der Waals surface area contributed by atoms with E-state index in [2.05, 4.69) is 32.4 Å². The van der Waals surface area contributed by atoms with Crippen molar-refractivity contribution >= 4 is 23.9 Å². The maximum absolute atomic E-state index is 14.2. The van der Waals surface area contributed by atoms with E-state index in [1.165, 1.54) is 4.90 Å². The van der Waals surface area contributed by atoms with Gasteiger partial charge in [0.1, 0.15) is 29.4 Å². The van der Waals surface area contributed by atoms with Gasteiger partial charge in [0.15, 0.2) is 0 Å². The van der Waals surface area contributed by atoms with Crippen LogP contribution in [0.1, 0.15) is 85.0 Å². The molecule has 240 valence electrons. The fourth-order valence-electron chi connectivity index (χ4n) is 6.80. The Morgan fingerprint density at radius 3 is 2.63 bits per heavy atom. The van der Waals surface area contributed by atoms with E-state index in [0.717, 1.165) is 45.1 Å². The molecule has 5 aliphatic rings. The molecule has 14 heteroatoms. The summed E-state index contributed by atoms with van der Waals surface area (Å²) in [6.07, 6.45) is 10.5. The monoisotopic (exact) mass is 604 g/mol. The van der Waals surface area contributed by atoms with Crippen LogP contribution in [0.25, 0.3) is 0 Å². The number of piperidine rings is 1. The molecule has 0 spiro atoms. The fraction of sp³-hybridized carbons (Fsp3) is 0.793. The van der Waals surface area contributed by atoms with Crippen molar-refractivity contribution in [1.82, 2.24) is 42.4 Å². The van der Waals surface area contributed by atoms with Gasteiger partial charge in [-0.2, -0.15) is 11.1 Å². The zero-order valence-electron chi connectivity index (χ0n) is 25.5. The summed E-state index contributed by atoms with van der Waals surface area (Å²) in [5.74, 6) is -2.23. The third kappa shape index (κ3) is 7.31. The molecule has 0 radical (unpaired) electrons. The maximum Gasteiger partial charge on any atom is 0.408 e. The molecule has 1 saturated carbocycles. The van der Waals surface area contributed by atoms with E-state index in [1.54, 1.807) is 20.8 Å². The molecule has 4 fully saturated rings. The highest BCUT2D eigenvalue weighted by atomic mass is 16.6. The summed E-state index contributed by atoms with van der Waals surface area (Å²) in [6, 6.07) is -1.89. The van der Waals surface area contributed by atoms with Crippen LogP contribution in [0.2, 0.25) is 0 Å². The highest BCUT2D eigenvalue weighted by Gasteiger charge is 2.61. The molecule has 0 bridgehead atoms. The first-order valence-corrected chi connectivity index (χ1v) is 15.8. The second-order valence-corrected chi connectivity index (χ2v) is 13.5. The predicted molar refractivity (Wildman–Crippen MR) is 157 cm³/mol. The number of fused-ring (bicyclic) bond motifs is 2. The normalized spacial score (nSPS) is 36.9. The molecule has 4 heterocycles. The summed E-state index contributed by atoms with van der Waals surface area (Å²) >= 11 is 0. The van der Waals surface area contributed by atoms with Crippen LogP contribution in [0.5, 0.6) is 0 Å². The fourth-order valence-corrected chi connectivity index (χ4v) is 6.80. The number of nitrogens with one attached hydrogen (secondary N) is 6. The lowest BCUT2D eigenvalue weighted by Gasteiger charge is -2.35. The first-order valence-electron chi connectivity index (χ1n) is 15.8. The van der Waals surface area contributed by atoms with Crippen LogP contribution < -0.4 is 32.4 Å². The van der Waals surface area contributed by atoms with Gasteiger partial charge in [0.2, 0.25) is 11.8 Å². The number of carboxylic acid groups (broad SMARTS) is 1. The van der Waals surface area contributed by atoms with Crippen molar-refractivity contribution in [3.63, 3.8) is 0 Å². The third-order valence-electron chi connectivity index (χ3n) is 9.16. The summed E-state index contributed by atoms with van der Waals surface area (Å²) in [6.45, 7) is 6.43. The molecule has 3 saturated heterocycles. The number of carbonyl (C=O) groups excluding carboxylic acids is 3. The lowest BCUT2D eigenvalue weighted by molar-refractivity contribution is -0.145. The number of ether oxygens (including phenoxy) is 1. The minimum atomic E-state index is -1.38. The van der Waals surface area contributed by atoms with Crippen LogP contribution in [0.15, 0.2) is 12.2 Å². The number of hydrogen-bond acceptors (Lipinski definition) is 10. The Bertz CT molecular complexity index is 1090. The molecule has 4 aliphatic heterocycles. The quantitative estimate of drug-likeness (QED) is 0.224. The summed E-state index contributed by atoms with van der Waals surface area (Å²) in [5, 5.41) is 21.3. The second kappa shape index (κ2) is 13.1. The highest BCUT2D eigenvalue weighted by Crippen LogP contribution is 2.45. The maximum atomic E-state index is 14.2. The van der Waals surface area contributed by atoms with Crippen molar-refractivity contribution in [3.8, 4) is 0 Å². The van der Waals surface area contributed by atoms with Gasteiger partial charge in [-0.05, 0) is 72.3 Å². The molecule has 5 rings (SSSR count). The van der Waals surface area contributed by atoms with Gasteiger partial charge in [0, 0.05) is 24.5 Å². The van der Waals surface area contributed by atoms with Crippen LogP contribution in [0, 0.1) is 5.92 Å². The highest BCUT2D eigenvalue weighted by molar-refractivity contribution is 5.96. The minimum Gasteiger partial charge on any atom is -0.479 e. The van der Waals surface area contributed by atoms with E-state index in [1.807, 2.05) is 17.2 Å². The van der Waals surface area contributed by atoms with Crippen LogP contribution in [-0.4, -0.2) is 93.5 Å². The van der Waals surface area contributed by atoms with Gasteiger partial charge < -0.3 is 30.7 Å². The van der Waals surface area contributed by atoms with Gasteiger partial charge in [-0.3, -0.25) is 9.59 Å². The molecule has 0 aromatic carbocycles. The largest absolute Gasteiger partial charge is 0.479 e. The van der Waals surface area contributed by atoms with Crippen molar-refractivity contribution in [2.45, 2.75) is 126 Å². The van der Waals surface area contributed by atoms with Crippen molar-refractivity contribution in [2.75, 3.05) is 13.1 Å². The summed E-state index contributed by atoms with van der Waals surface area (Å²) in [7, 11) is 0. The van der Waals surface area contributed by atoms with E-state index in [4.69, 9.17) is 4.74 Å². The van der Waals surface area contributed by atoms with E-state index in [0.29, 0.717) is 25.7 Å². The first-order chi connectivity index (χ1) is 20.5. The van der Waals surface area contributed by atoms with E-state index in [9.17, 15) is 24.3 Å².